The van der Waals surface area contributed by atoms with Gasteiger partial charge in [-0.05, 0) is 69.1 Å². The quantitative estimate of drug-likeness (QED) is 0.519. The molecular formula is C19H26F6O3. The summed E-state index contributed by atoms with van der Waals surface area (Å²) in [7, 11) is 0. The van der Waals surface area contributed by atoms with Gasteiger partial charge in [-0.25, -0.2) is 0 Å². The fraction of sp³-hybridized carbons (Fsp3) is 0.947. The second-order valence-corrected chi connectivity index (χ2v) is 9.24. The number of fused-ring (bicyclic) bond motifs is 2. The lowest BCUT2D eigenvalue weighted by molar-refractivity contribution is -0.412. The Kier molecular flexibility index (Phi) is 4.85. The molecule has 2 bridgehead atoms. The molecule has 0 aromatic heterocycles. The molecule has 0 saturated heterocycles. The van der Waals surface area contributed by atoms with Gasteiger partial charge in [-0.3, -0.25) is 4.79 Å². The van der Waals surface area contributed by atoms with Crippen molar-refractivity contribution in [3.8, 4) is 0 Å². The highest BCUT2D eigenvalue weighted by Crippen LogP contribution is 2.63. The number of halogens is 6. The molecule has 3 rings (SSSR count). The Bertz CT molecular complexity index is 621. The van der Waals surface area contributed by atoms with Gasteiger partial charge in [0, 0.05) is 0 Å². The third-order valence-electron chi connectivity index (χ3n) is 7.91. The molecule has 0 aromatic rings. The molecule has 0 aromatic carbocycles. The number of ether oxygens (including phenoxy) is 1. The standard InChI is InChI=1S/C19H26F6O3/c1-10-11(2)13-8-12(10)9-15(13,3)14(26)28-16(6-4-5-7-16)17(27,18(20,21)22)19(23,24)25/h10-13,27H,4-9H2,1-3H3. The lowest BCUT2D eigenvalue weighted by Gasteiger charge is -2.47. The van der Waals surface area contributed by atoms with E-state index in [-0.39, 0.29) is 30.6 Å². The summed E-state index contributed by atoms with van der Waals surface area (Å²) in [5, 5.41) is 10.0. The highest BCUT2D eigenvalue weighted by atomic mass is 19.4. The molecule has 162 valence electrons. The van der Waals surface area contributed by atoms with E-state index in [2.05, 4.69) is 0 Å². The molecule has 5 unspecified atom stereocenters. The summed E-state index contributed by atoms with van der Waals surface area (Å²) >= 11 is 0. The normalized spacial score (nSPS) is 38.1. The predicted octanol–water partition coefficient (Wildman–Crippen LogP) is 5.02. The Morgan fingerprint density at radius 2 is 1.50 bits per heavy atom. The van der Waals surface area contributed by atoms with Crippen molar-refractivity contribution in [1.82, 2.24) is 0 Å². The summed E-state index contributed by atoms with van der Waals surface area (Å²) in [5.41, 5.74) is -9.27. The minimum absolute atomic E-state index is 0.0119. The number of alkyl halides is 6. The molecule has 9 heteroatoms. The first-order valence-corrected chi connectivity index (χ1v) is 9.70. The summed E-state index contributed by atoms with van der Waals surface area (Å²) in [5.74, 6) is -0.536. The molecule has 1 N–H and O–H groups in total. The molecule has 3 aliphatic carbocycles. The van der Waals surface area contributed by atoms with Gasteiger partial charge in [-0.2, -0.15) is 26.3 Å². The molecule has 3 fully saturated rings. The maximum atomic E-state index is 13.5. The van der Waals surface area contributed by atoms with Crippen LogP contribution < -0.4 is 0 Å². The molecule has 0 heterocycles. The number of hydrogen-bond donors (Lipinski definition) is 1. The summed E-state index contributed by atoms with van der Waals surface area (Å²) in [4.78, 5) is 13.0. The van der Waals surface area contributed by atoms with Gasteiger partial charge in [0.15, 0.2) is 5.60 Å². The van der Waals surface area contributed by atoms with Crippen molar-refractivity contribution >= 4 is 5.97 Å². The second kappa shape index (κ2) is 6.25. The van der Waals surface area contributed by atoms with Crippen LogP contribution in [0.15, 0.2) is 0 Å². The summed E-state index contributed by atoms with van der Waals surface area (Å²) in [6, 6.07) is 0. The van der Waals surface area contributed by atoms with E-state index in [1.165, 1.54) is 0 Å². The van der Waals surface area contributed by atoms with Gasteiger partial charge in [-0.15, -0.1) is 0 Å². The average Bonchev–Trinajstić information content (AvgIpc) is 3.22. The zero-order valence-corrected chi connectivity index (χ0v) is 16.1. The maximum absolute atomic E-state index is 13.5. The minimum Gasteiger partial charge on any atom is -0.455 e. The van der Waals surface area contributed by atoms with Crippen LogP contribution in [0.1, 0.15) is 59.3 Å². The minimum atomic E-state index is -6.02. The Morgan fingerprint density at radius 3 is 1.89 bits per heavy atom. The van der Waals surface area contributed by atoms with Crippen molar-refractivity contribution in [2.24, 2.45) is 29.1 Å². The van der Waals surface area contributed by atoms with Crippen LogP contribution >= 0.6 is 0 Å². The first-order valence-electron chi connectivity index (χ1n) is 9.70. The first kappa shape index (κ1) is 21.7. The highest BCUT2D eigenvalue weighted by Gasteiger charge is 2.81. The van der Waals surface area contributed by atoms with Crippen LogP contribution in [0.25, 0.3) is 0 Å². The van der Waals surface area contributed by atoms with Gasteiger partial charge in [-0.1, -0.05) is 13.8 Å². The SMILES string of the molecule is CC1C2CC(C1C)C(C)(C(=O)OC1(C(O)(C(F)(F)F)C(F)(F)F)CCCC1)C2. The van der Waals surface area contributed by atoms with Gasteiger partial charge in [0.05, 0.1) is 5.41 Å². The van der Waals surface area contributed by atoms with E-state index < -0.39 is 47.8 Å². The Morgan fingerprint density at radius 1 is 1.00 bits per heavy atom. The lowest BCUT2D eigenvalue weighted by Crippen LogP contribution is -2.71. The van der Waals surface area contributed by atoms with E-state index in [9.17, 15) is 36.2 Å². The Balaban J connectivity index is 1.97. The van der Waals surface area contributed by atoms with Crippen molar-refractivity contribution in [3.05, 3.63) is 0 Å². The van der Waals surface area contributed by atoms with Crippen molar-refractivity contribution in [3.63, 3.8) is 0 Å². The number of rotatable bonds is 3. The molecule has 0 spiro atoms. The van der Waals surface area contributed by atoms with Crippen molar-refractivity contribution in [1.29, 1.82) is 0 Å². The van der Waals surface area contributed by atoms with Gasteiger partial charge >= 0.3 is 18.3 Å². The highest BCUT2D eigenvalue weighted by molar-refractivity contribution is 5.78. The van der Waals surface area contributed by atoms with Crippen LogP contribution in [0.2, 0.25) is 0 Å². The van der Waals surface area contributed by atoms with Gasteiger partial charge < -0.3 is 9.84 Å². The van der Waals surface area contributed by atoms with E-state index in [1.807, 2.05) is 13.8 Å². The summed E-state index contributed by atoms with van der Waals surface area (Å²) in [6.07, 6.45) is -12.3. The van der Waals surface area contributed by atoms with Crippen LogP contribution in [0, 0.1) is 29.1 Å². The van der Waals surface area contributed by atoms with E-state index >= 15 is 0 Å². The zero-order chi connectivity index (χ0) is 21.3. The zero-order valence-electron chi connectivity index (χ0n) is 16.1. The first-order chi connectivity index (χ1) is 12.6. The van der Waals surface area contributed by atoms with Crippen LogP contribution in [0.4, 0.5) is 26.3 Å². The fourth-order valence-corrected chi connectivity index (χ4v) is 6.05. The Hall–Kier alpha value is -0.990. The molecule has 0 aliphatic heterocycles. The smallest absolute Gasteiger partial charge is 0.430 e. The van der Waals surface area contributed by atoms with Gasteiger partial charge in [0.2, 0.25) is 0 Å². The summed E-state index contributed by atoms with van der Waals surface area (Å²) < 4.78 is 86.2. The second-order valence-electron chi connectivity index (χ2n) is 9.24. The predicted molar refractivity (Wildman–Crippen MR) is 87.0 cm³/mol. The molecular weight excluding hydrogens is 390 g/mol. The molecule has 28 heavy (non-hydrogen) atoms. The van der Waals surface area contributed by atoms with E-state index in [0.717, 1.165) is 0 Å². The number of esters is 1. The number of aliphatic hydroxyl groups is 1. The van der Waals surface area contributed by atoms with E-state index in [0.29, 0.717) is 18.8 Å². The van der Waals surface area contributed by atoms with E-state index in [1.54, 1.807) is 6.92 Å². The van der Waals surface area contributed by atoms with Crippen LogP contribution in [0.5, 0.6) is 0 Å². The van der Waals surface area contributed by atoms with Gasteiger partial charge in [0.25, 0.3) is 5.60 Å². The fourth-order valence-electron chi connectivity index (χ4n) is 6.05. The van der Waals surface area contributed by atoms with Gasteiger partial charge in [0.1, 0.15) is 0 Å². The largest absolute Gasteiger partial charge is 0.455 e. The lowest BCUT2D eigenvalue weighted by atomic mass is 9.66. The maximum Gasteiger partial charge on any atom is 0.430 e. The Labute approximate surface area is 159 Å². The molecule has 5 atom stereocenters. The summed E-state index contributed by atoms with van der Waals surface area (Å²) in [6.45, 7) is 5.57. The van der Waals surface area contributed by atoms with Crippen molar-refractivity contribution in [2.75, 3.05) is 0 Å². The van der Waals surface area contributed by atoms with Crippen LogP contribution in [-0.2, 0) is 9.53 Å². The van der Waals surface area contributed by atoms with E-state index in [4.69, 9.17) is 4.74 Å². The molecule has 3 aliphatic rings. The topological polar surface area (TPSA) is 46.5 Å². The number of carbonyl (C=O) groups excluding carboxylic acids is 1. The third-order valence-corrected chi connectivity index (χ3v) is 7.91. The van der Waals surface area contributed by atoms with Crippen LogP contribution in [0.3, 0.4) is 0 Å². The average molecular weight is 416 g/mol. The van der Waals surface area contributed by atoms with Crippen molar-refractivity contribution in [2.45, 2.75) is 82.9 Å². The number of hydrogen-bond acceptors (Lipinski definition) is 3. The van der Waals surface area contributed by atoms with Crippen molar-refractivity contribution < 1.29 is 41.0 Å². The molecule has 0 radical (unpaired) electrons. The molecule has 3 saturated carbocycles. The molecule has 0 amide bonds. The molecule has 3 nitrogen and oxygen atoms in total. The third kappa shape index (κ3) is 2.70. The number of carbonyl (C=O) groups is 1. The monoisotopic (exact) mass is 416 g/mol. The van der Waals surface area contributed by atoms with Crippen LogP contribution in [-0.4, -0.2) is 34.6 Å².